The number of fused-ring (bicyclic) bond motifs is 6. The molecular formula is C90H67Cl12F3N26S9. The van der Waals surface area contributed by atoms with Gasteiger partial charge in [0.05, 0.1) is 184 Å². The predicted molar refractivity (Wildman–Crippen MR) is 569 cm³/mol. The molecule has 0 fully saturated rings. The van der Waals surface area contributed by atoms with Crippen molar-refractivity contribution >= 4 is 333 Å². The first-order valence-electron chi connectivity index (χ1n) is 41.0. The number of aromatic nitrogens is 26. The minimum absolute atomic E-state index is 0.0314. The van der Waals surface area contributed by atoms with Crippen molar-refractivity contribution in [3.8, 4) is 0 Å². The van der Waals surface area contributed by atoms with Gasteiger partial charge in [-0.25, -0.2) is 59.8 Å². The molecule has 0 amide bonds. The van der Waals surface area contributed by atoms with Crippen molar-refractivity contribution in [1.29, 1.82) is 0 Å². The lowest BCUT2D eigenvalue weighted by Gasteiger charge is -2.12. The van der Waals surface area contributed by atoms with Gasteiger partial charge in [-0.1, -0.05) is 188 Å². The summed E-state index contributed by atoms with van der Waals surface area (Å²) in [5.74, 6) is 2.81. The molecular weight excluding hydrogens is 2220 g/mol. The molecule has 6 aromatic carbocycles. The van der Waals surface area contributed by atoms with Crippen LogP contribution < -0.4 is 0 Å². The zero-order valence-corrected chi connectivity index (χ0v) is 91.0. The molecule has 0 aliphatic carbocycles. The van der Waals surface area contributed by atoms with Crippen molar-refractivity contribution in [2.75, 3.05) is 6.26 Å². The van der Waals surface area contributed by atoms with Gasteiger partial charge < -0.3 is 9.13 Å². The summed E-state index contributed by atoms with van der Waals surface area (Å²) in [7, 11) is 3.86. The molecule has 0 aliphatic rings. The SMILES string of the molecule is CSc1nnc(Sc2nc3cc(Cl)c(Cl)cc3nc2/C=C/c2cccs2)s1.Cc1nc2cc(Cl)c(Cl)cc2nc1Cc1nnc(C)n1C.Cc1nnc(Cc2nc3cc(Cl)c(Cl)cc3nc2C(C)C)s1.Cc1nnc(Cc2nc3cc(Cl)c(Cl)cc3nc2C(F)(F)F)s1.Cc1nnc(Cc2nc3cc(Cl)c(Cl)cc3nc2C)s1.Cc1nnc(Sc2nc3cc(Cl)c(Cl)cc3nc2/C=C/c2cccs2)n1C. The largest absolute Gasteiger partial charge is 0.435 e. The lowest BCUT2D eigenvalue weighted by atomic mass is 10.1. The lowest BCUT2D eigenvalue weighted by molar-refractivity contribution is -0.141. The molecule has 14 aromatic heterocycles. The first-order chi connectivity index (χ1) is 66.8. The third-order valence-electron chi connectivity index (χ3n) is 19.8. The van der Waals surface area contributed by atoms with E-state index in [1.807, 2.05) is 124 Å². The average molecular weight is 2280 g/mol. The molecule has 140 heavy (non-hydrogen) atoms. The molecule has 0 saturated heterocycles. The van der Waals surface area contributed by atoms with E-state index in [2.05, 4.69) is 111 Å². The molecule has 14 heterocycles. The molecule has 0 N–H and O–H groups in total. The van der Waals surface area contributed by atoms with Gasteiger partial charge in [-0.05, 0) is 204 Å². The highest BCUT2D eigenvalue weighted by atomic mass is 35.5. The Morgan fingerprint density at radius 2 is 0.693 bits per heavy atom. The number of thioether (sulfide) groups is 1. The Labute approximate surface area is 893 Å². The lowest BCUT2D eigenvalue weighted by Crippen LogP contribution is -2.14. The van der Waals surface area contributed by atoms with Crippen LogP contribution in [0.15, 0.2) is 132 Å². The van der Waals surface area contributed by atoms with E-state index in [1.54, 1.807) is 125 Å². The molecule has 0 unspecified atom stereocenters. The Balaban J connectivity index is 0.000000127. The van der Waals surface area contributed by atoms with Crippen LogP contribution in [-0.2, 0) is 46.0 Å². The van der Waals surface area contributed by atoms with Crippen molar-refractivity contribution in [2.24, 2.45) is 14.1 Å². The summed E-state index contributed by atoms with van der Waals surface area (Å²) in [5, 5.41) is 65.1. The number of hydrogen-bond donors (Lipinski definition) is 0. The third kappa shape index (κ3) is 26.8. The maximum Gasteiger partial charge on any atom is 0.435 e. The number of alkyl halides is 3. The Bertz CT molecular complexity index is 8060. The minimum Gasteiger partial charge on any atom is -0.318 e. The molecule has 20 aromatic rings. The first kappa shape index (κ1) is 105. The maximum absolute atomic E-state index is 13.3. The molecule has 0 bridgehead atoms. The van der Waals surface area contributed by atoms with Crippen molar-refractivity contribution < 1.29 is 13.2 Å². The molecule has 0 aliphatic heterocycles. The average Bonchev–Trinajstić information content (AvgIpc) is 0.905. The van der Waals surface area contributed by atoms with Gasteiger partial charge in [0.15, 0.2) is 19.5 Å². The van der Waals surface area contributed by atoms with E-state index in [0.29, 0.717) is 102 Å². The molecule has 716 valence electrons. The number of rotatable bonds is 18. The van der Waals surface area contributed by atoms with E-state index in [0.717, 1.165) is 150 Å². The fourth-order valence-electron chi connectivity index (χ4n) is 12.8. The zero-order valence-electron chi connectivity index (χ0n) is 74.6. The van der Waals surface area contributed by atoms with Crippen LogP contribution >= 0.6 is 243 Å². The van der Waals surface area contributed by atoms with Crippen LogP contribution in [0.2, 0.25) is 60.3 Å². The van der Waals surface area contributed by atoms with Gasteiger partial charge in [-0.2, -0.15) is 13.2 Å². The minimum atomic E-state index is -4.64. The zero-order chi connectivity index (χ0) is 99.8. The summed E-state index contributed by atoms with van der Waals surface area (Å²) in [4.78, 5) is 56.8. The highest BCUT2D eigenvalue weighted by Gasteiger charge is 2.37. The monoisotopic (exact) mass is 2280 g/mol. The quantitative estimate of drug-likeness (QED) is 0.0720. The van der Waals surface area contributed by atoms with Gasteiger partial charge in [-0.15, -0.1) is 118 Å². The molecule has 0 atom stereocenters. The normalized spacial score (nSPS) is 11.6. The van der Waals surface area contributed by atoms with E-state index in [9.17, 15) is 13.2 Å². The second-order valence-electron chi connectivity index (χ2n) is 30.2. The van der Waals surface area contributed by atoms with Gasteiger partial charge in [0.1, 0.15) is 57.6 Å². The highest BCUT2D eigenvalue weighted by molar-refractivity contribution is 8.03. The van der Waals surface area contributed by atoms with Crippen molar-refractivity contribution in [1.82, 2.24) is 130 Å². The summed E-state index contributed by atoms with van der Waals surface area (Å²) >= 11 is 86.2. The van der Waals surface area contributed by atoms with Gasteiger partial charge >= 0.3 is 6.18 Å². The molecule has 0 radical (unpaired) electrons. The number of nitrogens with zero attached hydrogens (tertiary/aromatic N) is 26. The fourth-order valence-corrected chi connectivity index (χ4v) is 21.3. The van der Waals surface area contributed by atoms with Crippen molar-refractivity contribution in [3.05, 3.63) is 282 Å². The predicted octanol–water partition coefficient (Wildman–Crippen LogP) is 29.4. The van der Waals surface area contributed by atoms with Crippen molar-refractivity contribution in [3.63, 3.8) is 0 Å². The summed E-state index contributed by atoms with van der Waals surface area (Å²) in [6.45, 7) is 17.5. The van der Waals surface area contributed by atoms with E-state index in [4.69, 9.17) is 169 Å². The summed E-state index contributed by atoms with van der Waals surface area (Å²) in [5.41, 5.74) is 13.0. The fraction of sp³-hybridized carbons (Fsp3) is 0.200. The number of thiophene rings is 2. The molecule has 0 saturated carbocycles. The van der Waals surface area contributed by atoms with E-state index in [1.165, 1.54) is 58.3 Å². The van der Waals surface area contributed by atoms with Crippen LogP contribution in [0.3, 0.4) is 0 Å². The third-order valence-corrected chi connectivity index (χ3v) is 32.3. The maximum atomic E-state index is 13.3. The Hall–Kier alpha value is -8.92. The van der Waals surface area contributed by atoms with Gasteiger partial charge in [0, 0.05) is 43.1 Å². The number of aryl methyl sites for hydroxylation is 7. The van der Waals surface area contributed by atoms with Gasteiger partial charge in [0.2, 0.25) is 0 Å². The van der Waals surface area contributed by atoms with E-state index < -0.39 is 11.9 Å². The molecule has 0 spiro atoms. The standard InChI is InChI=1S/C18H13Cl2N5S2.C17H10Cl2N4S4.C15H14Cl2N4S.C14H13Cl2N5.C13H7Cl2F3N4S.C13H10Cl2N4S/c1-10-23-24-18(25(10)2)27-17-14(6-5-11-4-3-7-26-11)21-15-8-12(19)13(20)9-16(15)22-17;1-24-16-22-23-17(27-16)26-15-12(5-4-9-3-2-6-25-9)20-13-7-10(18)11(19)8-14(13)21-15;1-7(2)15-13(6-14-21-20-8(3)22-14)18-11-4-9(16)10(17)5-12(11)19-15;1-7-11(6-14-20-19-8(2)21(14)3)18-13-5-10(16)9(15)4-12(13)17-7;1-5-21-22-11(23-5)4-10-12(13(16,17)18)20-9-3-7(15)6(14)2-8(9)19-10;1-6-10(5-13-19-18-7(2)20-13)17-12-4-9(15)8(14)3-11(12)16-6/h3-9H,1-2H3;2-8H,1H3;4-5,7H,6H2,1-3H3;4-5H,6H2,1-3H3;2-3H,4H2,1H3;3-4H,5H2,1-2H3/b6-5+;5-4+;;;;. The van der Waals surface area contributed by atoms with Gasteiger partial charge in [0.25, 0.3) is 0 Å². The van der Waals surface area contributed by atoms with E-state index >= 15 is 0 Å². The van der Waals surface area contributed by atoms with Crippen LogP contribution in [0.5, 0.6) is 0 Å². The van der Waals surface area contributed by atoms with Crippen LogP contribution in [0.25, 0.3) is 90.5 Å². The van der Waals surface area contributed by atoms with E-state index in [-0.39, 0.29) is 39.1 Å². The second kappa shape index (κ2) is 46.9. The first-order valence-corrected chi connectivity index (χ1v) is 53.4. The molecule has 20 rings (SSSR count). The Kier molecular flexibility index (Phi) is 35.3. The summed E-state index contributed by atoms with van der Waals surface area (Å²) < 4.78 is 45.4. The van der Waals surface area contributed by atoms with Gasteiger partial charge in [-0.3, -0.25) is 0 Å². The Morgan fingerprint density at radius 1 is 0.350 bits per heavy atom. The summed E-state index contributed by atoms with van der Waals surface area (Å²) in [6.07, 6.45) is 7.01. The molecule has 50 heteroatoms. The summed E-state index contributed by atoms with van der Waals surface area (Å²) in [6, 6.07) is 28.2. The Morgan fingerprint density at radius 3 is 1.05 bits per heavy atom. The van der Waals surface area contributed by atoms with Crippen LogP contribution in [-0.4, -0.2) is 136 Å². The number of hydrogen-bond acceptors (Lipinski definition) is 33. The van der Waals surface area contributed by atoms with Crippen LogP contribution in [0, 0.1) is 48.5 Å². The van der Waals surface area contributed by atoms with Crippen LogP contribution in [0.4, 0.5) is 13.2 Å². The topological polar surface area (TPSA) is 319 Å². The van der Waals surface area contributed by atoms with Crippen LogP contribution in [0.1, 0.15) is 134 Å². The van der Waals surface area contributed by atoms with Crippen molar-refractivity contribution in [2.45, 2.75) is 124 Å². The number of halogens is 15. The second-order valence-corrected chi connectivity index (χ2v) is 45.1. The molecule has 26 nitrogen and oxygen atoms in total. The smallest absolute Gasteiger partial charge is 0.318 e. The number of benzene rings is 6. The highest BCUT2D eigenvalue weighted by Crippen LogP contribution is 2.41.